The molecule has 0 radical (unpaired) electrons. The largest absolute Gasteiger partial charge is 0.383 e. The lowest BCUT2D eigenvalue weighted by atomic mass is 10.0. The van der Waals surface area contributed by atoms with Crippen molar-refractivity contribution in [3.63, 3.8) is 0 Å². The highest BCUT2D eigenvalue weighted by molar-refractivity contribution is 5.89. The molecule has 0 aliphatic carbocycles. The minimum atomic E-state index is -0.393. The summed E-state index contributed by atoms with van der Waals surface area (Å²) in [6.45, 7) is 3.47. The SMILES string of the molecule is CCNC(COC)Cc1ccnc2c([N+](=O)[O-])cccc12. The van der Waals surface area contributed by atoms with Crippen LogP contribution in [0.2, 0.25) is 0 Å². The zero-order chi connectivity index (χ0) is 15.2. The average molecular weight is 289 g/mol. The minimum absolute atomic E-state index is 0.0427. The molecule has 0 spiro atoms. The molecule has 2 rings (SSSR count). The van der Waals surface area contributed by atoms with Crippen LogP contribution in [0.4, 0.5) is 5.69 Å². The van der Waals surface area contributed by atoms with Crippen LogP contribution in [0.5, 0.6) is 0 Å². The predicted octanol–water partition coefficient (Wildman–Crippen LogP) is 2.31. The third-order valence-corrected chi connectivity index (χ3v) is 3.36. The first-order valence-electron chi connectivity index (χ1n) is 6.90. The highest BCUT2D eigenvalue weighted by Crippen LogP contribution is 2.26. The van der Waals surface area contributed by atoms with E-state index in [1.807, 2.05) is 19.1 Å². The van der Waals surface area contributed by atoms with Crippen molar-refractivity contribution in [2.24, 2.45) is 0 Å². The van der Waals surface area contributed by atoms with Gasteiger partial charge in [-0.15, -0.1) is 0 Å². The normalized spacial score (nSPS) is 12.5. The summed E-state index contributed by atoms with van der Waals surface area (Å²) in [5.41, 5.74) is 1.51. The Morgan fingerprint density at radius 3 is 2.90 bits per heavy atom. The number of nitrogens with one attached hydrogen (secondary N) is 1. The van der Waals surface area contributed by atoms with Gasteiger partial charge in [-0.3, -0.25) is 10.1 Å². The van der Waals surface area contributed by atoms with E-state index in [1.54, 1.807) is 19.4 Å². The van der Waals surface area contributed by atoms with Gasteiger partial charge >= 0.3 is 0 Å². The number of rotatable bonds is 7. The number of aromatic nitrogens is 1. The minimum Gasteiger partial charge on any atom is -0.383 e. The van der Waals surface area contributed by atoms with Crippen molar-refractivity contribution in [3.05, 3.63) is 46.1 Å². The highest BCUT2D eigenvalue weighted by Gasteiger charge is 2.16. The number of nitro benzene ring substituents is 1. The molecule has 2 aromatic rings. The molecule has 1 aromatic carbocycles. The smallest absolute Gasteiger partial charge is 0.295 e. The molecule has 0 aliphatic rings. The van der Waals surface area contributed by atoms with Crippen molar-refractivity contribution in [1.29, 1.82) is 0 Å². The van der Waals surface area contributed by atoms with E-state index in [2.05, 4.69) is 10.3 Å². The van der Waals surface area contributed by atoms with Gasteiger partial charge in [-0.1, -0.05) is 19.1 Å². The first kappa shape index (κ1) is 15.3. The zero-order valence-electron chi connectivity index (χ0n) is 12.2. The number of fused-ring (bicyclic) bond motifs is 1. The molecule has 0 aliphatic heterocycles. The lowest BCUT2D eigenvalue weighted by molar-refractivity contribution is -0.383. The third kappa shape index (κ3) is 3.53. The number of para-hydroxylation sites is 1. The van der Waals surface area contributed by atoms with Crippen LogP contribution in [-0.2, 0) is 11.2 Å². The van der Waals surface area contributed by atoms with Crippen LogP contribution in [0.25, 0.3) is 10.9 Å². The van der Waals surface area contributed by atoms with Crippen LogP contribution in [0.15, 0.2) is 30.5 Å². The van der Waals surface area contributed by atoms with Gasteiger partial charge in [0, 0.05) is 30.8 Å². The summed E-state index contributed by atoms with van der Waals surface area (Å²) in [7, 11) is 1.67. The quantitative estimate of drug-likeness (QED) is 0.625. The standard InChI is InChI=1S/C15H19N3O3/c1-3-16-12(10-21-2)9-11-7-8-17-15-13(11)5-4-6-14(15)18(19)20/h4-8,12,16H,3,9-10H2,1-2H3. The van der Waals surface area contributed by atoms with Crippen molar-refractivity contribution in [2.75, 3.05) is 20.3 Å². The predicted molar refractivity (Wildman–Crippen MR) is 81.4 cm³/mol. The molecule has 1 unspecified atom stereocenters. The molecule has 6 nitrogen and oxygen atoms in total. The molecule has 0 saturated carbocycles. The van der Waals surface area contributed by atoms with Crippen molar-refractivity contribution in [3.8, 4) is 0 Å². The highest BCUT2D eigenvalue weighted by atomic mass is 16.6. The van der Waals surface area contributed by atoms with Crippen LogP contribution < -0.4 is 5.32 Å². The molecule has 0 bridgehead atoms. The molecular weight excluding hydrogens is 270 g/mol. The Morgan fingerprint density at radius 1 is 1.43 bits per heavy atom. The fourth-order valence-corrected chi connectivity index (χ4v) is 2.49. The van der Waals surface area contributed by atoms with E-state index in [9.17, 15) is 10.1 Å². The Morgan fingerprint density at radius 2 is 2.24 bits per heavy atom. The first-order valence-corrected chi connectivity index (χ1v) is 6.90. The second-order valence-electron chi connectivity index (χ2n) is 4.81. The van der Waals surface area contributed by atoms with Crippen LogP contribution in [0.1, 0.15) is 12.5 Å². The number of nitrogens with zero attached hydrogens (tertiary/aromatic N) is 2. The molecule has 21 heavy (non-hydrogen) atoms. The van der Waals surface area contributed by atoms with Crippen LogP contribution >= 0.6 is 0 Å². The van der Waals surface area contributed by atoms with Crippen molar-refractivity contribution < 1.29 is 9.66 Å². The fraction of sp³-hybridized carbons (Fsp3) is 0.400. The molecule has 1 atom stereocenters. The van der Waals surface area contributed by atoms with E-state index in [0.29, 0.717) is 12.1 Å². The zero-order valence-corrected chi connectivity index (χ0v) is 12.2. The van der Waals surface area contributed by atoms with Gasteiger partial charge in [-0.2, -0.15) is 0 Å². The molecule has 0 saturated heterocycles. The van der Waals surface area contributed by atoms with Gasteiger partial charge in [0.2, 0.25) is 0 Å². The Bertz CT molecular complexity index is 625. The van der Waals surface area contributed by atoms with E-state index in [-0.39, 0.29) is 11.7 Å². The monoisotopic (exact) mass is 289 g/mol. The van der Waals surface area contributed by atoms with Gasteiger partial charge < -0.3 is 10.1 Å². The number of likely N-dealkylation sites (N-methyl/N-ethyl adjacent to an activating group) is 1. The van der Waals surface area contributed by atoms with E-state index < -0.39 is 4.92 Å². The van der Waals surface area contributed by atoms with Gasteiger partial charge in [0.25, 0.3) is 5.69 Å². The summed E-state index contributed by atoms with van der Waals surface area (Å²) in [6, 6.07) is 7.14. The molecule has 1 heterocycles. The number of pyridine rings is 1. The summed E-state index contributed by atoms with van der Waals surface area (Å²) in [5.74, 6) is 0. The molecule has 1 aromatic heterocycles. The van der Waals surface area contributed by atoms with Gasteiger partial charge in [0.1, 0.15) is 5.52 Å². The summed E-state index contributed by atoms with van der Waals surface area (Å²) >= 11 is 0. The van der Waals surface area contributed by atoms with Gasteiger partial charge in [-0.05, 0) is 24.6 Å². The van der Waals surface area contributed by atoms with Crippen LogP contribution in [0.3, 0.4) is 0 Å². The van der Waals surface area contributed by atoms with Crippen LogP contribution in [-0.4, -0.2) is 36.2 Å². The third-order valence-electron chi connectivity index (χ3n) is 3.36. The summed E-state index contributed by atoms with van der Waals surface area (Å²) in [4.78, 5) is 14.9. The summed E-state index contributed by atoms with van der Waals surface area (Å²) in [5, 5.41) is 15.3. The average Bonchev–Trinajstić information content (AvgIpc) is 2.47. The summed E-state index contributed by atoms with van der Waals surface area (Å²) in [6.07, 6.45) is 2.36. The Hall–Kier alpha value is -2.05. The Balaban J connectivity index is 2.40. The maximum absolute atomic E-state index is 11.1. The number of hydrogen-bond acceptors (Lipinski definition) is 5. The molecule has 1 N–H and O–H groups in total. The molecule has 0 fully saturated rings. The van der Waals surface area contributed by atoms with Gasteiger partial charge in [0.05, 0.1) is 11.5 Å². The lowest BCUT2D eigenvalue weighted by Gasteiger charge is -2.17. The van der Waals surface area contributed by atoms with E-state index in [4.69, 9.17) is 4.74 Å². The fourth-order valence-electron chi connectivity index (χ4n) is 2.49. The van der Waals surface area contributed by atoms with Crippen LogP contribution in [0, 0.1) is 10.1 Å². The number of benzene rings is 1. The second kappa shape index (κ2) is 7.10. The first-order chi connectivity index (χ1) is 10.2. The molecule has 0 amide bonds. The molecule has 6 heteroatoms. The number of non-ortho nitro benzene ring substituents is 1. The molecular formula is C15H19N3O3. The van der Waals surface area contributed by atoms with Gasteiger partial charge in [0.15, 0.2) is 0 Å². The maximum Gasteiger partial charge on any atom is 0.295 e. The van der Waals surface area contributed by atoms with E-state index >= 15 is 0 Å². The summed E-state index contributed by atoms with van der Waals surface area (Å²) < 4.78 is 5.22. The number of nitro groups is 1. The lowest BCUT2D eigenvalue weighted by Crippen LogP contribution is -2.35. The Labute approximate surface area is 123 Å². The number of hydrogen-bond donors (Lipinski definition) is 1. The second-order valence-corrected chi connectivity index (χ2v) is 4.81. The topological polar surface area (TPSA) is 77.3 Å². The molecule has 112 valence electrons. The Kier molecular flexibility index (Phi) is 5.19. The van der Waals surface area contributed by atoms with Crippen molar-refractivity contribution in [1.82, 2.24) is 10.3 Å². The van der Waals surface area contributed by atoms with Gasteiger partial charge in [-0.25, -0.2) is 4.98 Å². The van der Waals surface area contributed by atoms with Crippen molar-refractivity contribution in [2.45, 2.75) is 19.4 Å². The van der Waals surface area contributed by atoms with E-state index in [0.717, 1.165) is 23.9 Å². The maximum atomic E-state index is 11.1. The van der Waals surface area contributed by atoms with Crippen molar-refractivity contribution >= 4 is 16.6 Å². The number of methoxy groups -OCH3 is 1. The van der Waals surface area contributed by atoms with E-state index in [1.165, 1.54) is 6.07 Å². The number of ether oxygens (including phenoxy) is 1.